The van der Waals surface area contributed by atoms with Crippen molar-refractivity contribution in [1.29, 1.82) is 0 Å². The minimum absolute atomic E-state index is 0.144. The summed E-state index contributed by atoms with van der Waals surface area (Å²) in [4.78, 5) is 53.7. The number of allylic oxidation sites excluding steroid dienone is 1. The van der Waals surface area contributed by atoms with Crippen LogP contribution in [0.3, 0.4) is 0 Å². The molecule has 6 aliphatic rings. The minimum Gasteiger partial charge on any atom is -0.401 e. The average molecular weight is 1130 g/mol. The first kappa shape index (κ1) is 59.4. The van der Waals surface area contributed by atoms with Crippen molar-refractivity contribution in [2.24, 2.45) is 23.0 Å². The zero-order valence-corrected chi connectivity index (χ0v) is 49.7. The first-order chi connectivity index (χ1) is 38.4. The Labute approximate surface area is 482 Å². The number of rotatable bonds is 12. The predicted octanol–water partition coefficient (Wildman–Crippen LogP) is 12.7. The third-order valence-corrected chi connectivity index (χ3v) is 19.9. The second kappa shape index (κ2) is 26.4. The minimum atomic E-state index is -2.28. The van der Waals surface area contributed by atoms with Gasteiger partial charge in [-0.05, 0) is 169 Å². The van der Waals surface area contributed by atoms with E-state index in [2.05, 4.69) is 82.9 Å². The molecule has 0 bridgehead atoms. The molecule has 4 N–H and O–H groups in total. The van der Waals surface area contributed by atoms with Gasteiger partial charge in [0.25, 0.3) is 5.56 Å². The van der Waals surface area contributed by atoms with Gasteiger partial charge in [-0.2, -0.15) is 4.98 Å². The van der Waals surface area contributed by atoms with Crippen LogP contribution < -0.4 is 21.9 Å². The fourth-order valence-electron chi connectivity index (χ4n) is 13.1. The van der Waals surface area contributed by atoms with Crippen molar-refractivity contribution in [2.75, 3.05) is 46.3 Å². The van der Waals surface area contributed by atoms with E-state index in [1.807, 2.05) is 55.0 Å². The Morgan fingerprint density at radius 1 is 0.900 bits per heavy atom. The second-order valence-corrected chi connectivity index (χ2v) is 26.1. The van der Waals surface area contributed by atoms with Crippen LogP contribution in [0.25, 0.3) is 27.0 Å². The molecule has 80 heavy (non-hydrogen) atoms. The maximum absolute atomic E-state index is 13.1. The van der Waals surface area contributed by atoms with Crippen LogP contribution in [-0.2, 0) is 15.0 Å². The Bertz CT molecular complexity index is 2980. The number of amides is 2. The molecule has 3 atom stereocenters. The number of halogens is 3. The first-order valence-electron chi connectivity index (χ1n) is 29.7. The lowest BCUT2D eigenvalue weighted by Gasteiger charge is -2.35. The van der Waals surface area contributed by atoms with Crippen molar-refractivity contribution in [3.05, 3.63) is 122 Å². The van der Waals surface area contributed by atoms with Gasteiger partial charge >= 0.3 is 0 Å². The van der Waals surface area contributed by atoms with Crippen LogP contribution in [0.5, 0.6) is 0 Å². The van der Waals surface area contributed by atoms with Crippen molar-refractivity contribution >= 4 is 46.2 Å². The summed E-state index contributed by atoms with van der Waals surface area (Å²) in [6.45, 7) is 15.5. The molecule has 3 aromatic carbocycles. The van der Waals surface area contributed by atoms with E-state index in [-0.39, 0.29) is 28.3 Å². The highest BCUT2D eigenvalue weighted by Crippen LogP contribution is 2.52. The number of fused-ring (bicyclic) bond motifs is 7. The molecule has 3 unspecified atom stereocenters. The topological polar surface area (TPSA) is 142 Å². The van der Waals surface area contributed by atoms with Crippen LogP contribution >= 0.6 is 22.9 Å². The van der Waals surface area contributed by atoms with Gasteiger partial charge in [0.1, 0.15) is 11.9 Å². The number of piperidine rings is 2. The Balaban J connectivity index is 0.000000154. The summed E-state index contributed by atoms with van der Waals surface area (Å²) in [7, 11) is 2.21. The zero-order chi connectivity index (χ0) is 56.7. The van der Waals surface area contributed by atoms with Crippen LogP contribution in [0.15, 0.2) is 82.9 Å². The Hall–Kier alpha value is -5.22. The number of nitrogens with two attached hydrogens (primary N) is 1. The van der Waals surface area contributed by atoms with E-state index < -0.39 is 18.4 Å². The molecule has 2 amide bonds. The lowest BCUT2D eigenvalue weighted by atomic mass is 9.69. The standard InChI is InChI=1S/C26H28ClN3O.C24H30F2N4O2S.C14H28N2/c1-29-14-10-17(11-15-29)18-8-9-19-22(16-18)30-21-7-5-6-20(27)23(21)24(31)28-25(30)26(19)12-3-2-4-13-26;1-16-22(33-14-27-16)18-6-4-17(5-7-18)20(13-29-11-8-19(9-12-29)23(25)26)28-24(32)21-3-2-10-30(21)15-31;1-11(14(2,3)4)16-10-13(15)12-8-6-5-7-9-12/h5-9,16-17H,2-4,10-15H2,1H3;4-7,14-15,19-21,23H,2-3,8-13H2,1H3,(H,28,32);10-12,16H,5-9,15H2,1-4H3/b;;13-10-. The number of hydrogen-bond acceptors (Lipinski definition) is 10. The van der Waals surface area contributed by atoms with Crippen molar-refractivity contribution in [3.63, 3.8) is 0 Å². The van der Waals surface area contributed by atoms with Crippen molar-refractivity contribution in [3.8, 4) is 16.1 Å². The molecule has 3 saturated heterocycles. The maximum Gasteiger partial charge on any atom is 0.282 e. The molecule has 1 spiro atoms. The van der Waals surface area contributed by atoms with Crippen LogP contribution in [0.1, 0.15) is 171 Å². The molecule has 12 nitrogen and oxygen atoms in total. The number of carbonyl (C=O) groups is 2. The summed E-state index contributed by atoms with van der Waals surface area (Å²) < 4.78 is 28.4. The van der Waals surface area contributed by atoms with E-state index in [1.165, 1.54) is 81.0 Å². The lowest BCUT2D eigenvalue weighted by molar-refractivity contribution is -0.131. The van der Waals surface area contributed by atoms with Crippen molar-refractivity contribution in [1.82, 2.24) is 39.9 Å². The molecule has 16 heteroatoms. The van der Waals surface area contributed by atoms with Crippen LogP contribution in [0, 0.1) is 24.2 Å². The number of aromatic nitrogens is 3. The van der Waals surface area contributed by atoms with Crippen LogP contribution in [0.2, 0.25) is 5.02 Å². The number of alkyl halides is 2. The summed E-state index contributed by atoms with van der Waals surface area (Å²) in [5.74, 6) is 1.44. The molecule has 0 radical (unpaired) electrons. The van der Waals surface area contributed by atoms with Gasteiger partial charge in [-0.15, -0.1) is 11.3 Å². The Morgan fingerprint density at radius 2 is 1.60 bits per heavy atom. The molecule has 2 saturated carbocycles. The molecule has 432 valence electrons. The number of nitrogens with one attached hydrogen (secondary N) is 2. The van der Waals surface area contributed by atoms with Crippen molar-refractivity contribution in [2.45, 2.75) is 173 Å². The summed E-state index contributed by atoms with van der Waals surface area (Å²) in [6.07, 6.45) is 17.6. The number of likely N-dealkylation sites (tertiary alicyclic amines) is 3. The fraction of sp³-hybridized carbons (Fsp3) is 0.578. The van der Waals surface area contributed by atoms with E-state index >= 15 is 0 Å². The second-order valence-electron chi connectivity index (χ2n) is 24.9. The molecular formula is C64H86ClF2N9O3S. The van der Waals surface area contributed by atoms with Crippen LogP contribution in [-0.4, -0.2) is 106 Å². The highest BCUT2D eigenvalue weighted by Gasteiger charge is 2.47. The molecule has 5 aromatic rings. The predicted molar refractivity (Wildman–Crippen MR) is 321 cm³/mol. The van der Waals surface area contributed by atoms with Crippen LogP contribution in [0.4, 0.5) is 8.78 Å². The molecule has 6 heterocycles. The summed E-state index contributed by atoms with van der Waals surface area (Å²) in [5.41, 5.74) is 16.8. The first-order valence-corrected chi connectivity index (χ1v) is 31.0. The Morgan fingerprint density at radius 3 is 2.25 bits per heavy atom. The van der Waals surface area contributed by atoms with Gasteiger partial charge in [0.15, 0.2) is 0 Å². The molecule has 2 aliphatic carbocycles. The quantitative estimate of drug-likeness (QED) is 0.104. The SMILES string of the molecule is CC(N/C=C(\N)C1CCCCC1)C(C)(C)C.CN1CCC(c2ccc3c(c2)-n2c(nc(=O)c4c(Cl)cccc42)C32CCCCC2)CC1.Cc1ncsc1-c1ccc(C(CN2CCC(C(F)F)CC2)NC(=O)C2CCCN2C=O)cc1. The molecule has 11 rings (SSSR count). The monoisotopic (exact) mass is 1130 g/mol. The number of nitrogens with zero attached hydrogens (tertiary/aromatic N) is 6. The Kier molecular flexibility index (Phi) is 19.6. The number of aryl methyl sites for hydroxylation is 1. The molecule has 2 aromatic heterocycles. The largest absolute Gasteiger partial charge is 0.401 e. The number of benzene rings is 3. The third kappa shape index (κ3) is 13.5. The lowest BCUT2D eigenvalue weighted by Crippen LogP contribution is -2.47. The summed E-state index contributed by atoms with van der Waals surface area (Å²) in [5, 5.41) is 7.61. The fourth-order valence-corrected chi connectivity index (χ4v) is 14.2. The smallest absolute Gasteiger partial charge is 0.282 e. The van der Waals surface area contributed by atoms with E-state index in [0.29, 0.717) is 73.7 Å². The van der Waals surface area contributed by atoms with E-state index in [9.17, 15) is 23.2 Å². The summed E-state index contributed by atoms with van der Waals surface area (Å²) in [6, 6.07) is 20.7. The van der Waals surface area contributed by atoms with E-state index in [0.717, 1.165) is 77.5 Å². The zero-order valence-electron chi connectivity index (χ0n) is 48.1. The molecule has 5 fully saturated rings. The highest BCUT2D eigenvalue weighted by atomic mass is 35.5. The molecule has 4 aliphatic heterocycles. The number of carbonyl (C=O) groups excluding carboxylic acids is 2. The van der Waals surface area contributed by atoms with Gasteiger partial charge in [-0.3, -0.25) is 19.0 Å². The normalized spacial score (nSPS) is 21.1. The maximum atomic E-state index is 13.1. The van der Waals surface area contributed by atoms with Gasteiger partial charge in [-0.25, -0.2) is 13.8 Å². The van der Waals surface area contributed by atoms with Gasteiger partial charge < -0.3 is 31.1 Å². The van der Waals surface area contributed by atoms with Gasteiger partial charge in [0.05, 0.1) is 49.2 Å². The van der Waals surface area contributed by atoms with E-state index in [1.54, 1.807) is 22.3 Å². The molecular weight excluding hydrogens is 1050 g/mol. The van der Waals surface area contributed by atoms with Gasteiger partial charge in [0.2, 0.25) is 18.7 Å². The third-order valence-electron chi connectivity index (χ3n) is 18.6. The van der Waals surface area contributed by atoms with Gasteiger partial charge in [-0.1, -0.05) is 113 Å². The summed E-state index contributed by atoms with van der Waals surface area (Å²) >= 11 is 8.07. The highest BCUT2D eigenvalue weighted by molar-refractivity contribution is 7.13. The van der Waals surface area contributed by atoms with Crippen molar-refractivity contribution < 1.29 is 18.4 Å². The number of hydrogen-bond donors (Lipinski definition) is 3. The van der Waals surface area contributed by atoms with Gasteiger partial charge in [0, 0.05) is 36.9 Å². The number of thiazole rings is 1. The average Bonchev–Trinajstić information content (AvgIpc) is 4.22. The van der Waals surface area contributed by atoms with E-state index in [4.69, 9.17) is 22.3 Å².